The van der Waals surface area contributed by atoms with Gasteiger partial charge in [-0.3, -0.25) is 14.5 Å². The first-order chi connectivity index (χ1) is 8.49. The number of Topliss-reactive ketones (excluding diaryl/α,β-unsaturated/α-hetero) is 1. The van der Waals surface area contributed by atoms with Gasteiger partial charge in [-0.05, 0) is 18.2 Å². The number of benzene rings is 1. The summed E-state index contributed by atoms with van der Waals surface area (Å²) in [5.74, 6) is -0.799. The van der Waals surface area contributed by atoms with Gasteiger partial charge in [0.2, 0.25) is 5.91 Å². The zero-order chi connectivity index (χ0) is 13.3. The number of urea groups is 1. The minimum absolute atomic E-state index is 0.0759. The van der Waals surface area contributed by atoms with Gasteiger partial charge in [0.05, 0.1) is 23.1 Å². The van der Waals surface area contributed by atoms with Crippen molar-refractivity contribution in [1.29, 1.82) is 0 Å². The van der Waals surface area contributed by atoms with Gasteiger partial charge in [0, 0.05) is 5.56 Å². The van der Waals surface area contributed by atoms with Gasteiger partial charge >= 0.3 is 6.03 Å². The van der Waals surface area contributed by atoms with Crippen molar-refractivity contribution in [3.63, 3.8) is 0 Å². The second-order valence-electron chi connectivity index (χ2n) is 3.69. The lowest BCUT2D eigenvalue weighted by Crippen LogP contribution is -2.35. The molecule has 2 rings (SSSR count). The fourth-order valence-corrected chi connectivity index (χ4v) is 1.82. The summed E-state index contributed by atoms with van der Waals surface area (Å²) in [5, 5.41) is 2.92. The molecule has 0 bridgehead atoms. The number of ketones is 1. The maximum Gasteiger partial charge on any atom is 0.325 e. The van der Waals surface area contributed by atoms with Gasteiger partial charge < -0.3 is 5.32 Å². The Kier molecular flexibility index (Phi) is 3.54. The number of amides is 3. The quantitative estimate of drug-likeness (QED) is 0.680. The first-order valence-corrected chi connectivity index (χ1v) is 5.81. The predicted molar refractivity (Wildman–Crippen MR) is 65.9 cm³/mol. The largest absolute Gasteiger partial charge is 0.329 e. The van der Waals surface area contributed by atoms with E-state index in [-0.39, 0.29) is 23.9 Å². The van der Waals surface area contributed by atoms with E-state index >= 15 is 0 Å². The van der Waals surface area contributed by atoms with Crippen LogP contribution in [0.15, 0.2) is 18.2 Å². The number of rotatable bonds is 3. The topological polar surface area (TPSA) is 66.5 Å². The lowest BCUT2D eigenvalue weighted by molar-refractivity contribution is -0.124. The molecular formula is C11H8Cl2N2O3. The number of nitrogens with zero attached hydrogens (tertiary/aromatic N) is 1. The molecule has 1 aromatic carbocycles. The minimum atomic E-state index is -0.562. The fourth-order valence-electron chi connectivity index (χ4n) is 1.52. The second-order valence-corrected chi connectivity index (χ2v) is 4.51. The second kappa shape index (κ2) is 4.96. The third kappa shape index (κ3) is 2.47. The Morgan fingerprint density at radius 2 is 2.00 bits per heavy atom. The summed E-state index contributed by atoms with van der Waals surface area (Å²) in [6.07, 6.45) is 0. The SMILES string of the molecule is O=C(CN1C(=O)CNC1=O)c1ccc(Cl)c(Cl)c1. The van der Waals surface area contributed by atoms with Crippen LogP contribution in [0.3, 0.4) is 0 Å². The summed E-state index contributed by atoms with van der Waals surface area (Å²) >= 11 is 11.5. The molecule has 1 heterocycles. The van der Waals surface area contributed by atoms with Crippen LogP contribution in [-0.4, -0.2) is 35.7 Å². The van der Waals surface area contributed by atoms with E-state index in [9.17, 15) is 14.4 Å². The maximum atomic E-state index is 11.9. The zero-order valence-electron chi connectivity index (χ0n) is 9.07. The summed E-state index contributed by atoms with van der Waals surface area (Å²) in [4.78, 5) is 35.3. The van der Waals surface area contributed by atoms with Gasteiger partial charge in [-0.25, -0.2) is 4.79 Å². The predicted octanol–water partition coefficient (Wildman–Crippen LogP) is 1.73. The van der Waals surface area contributed by atoms with Crippen molar-refractivity contribution >= 4 is 40.9 Å². The van der Waals surface area contributed by atoms with Gasteiger partial charge in [0.1, 0.15) is 0 Å². The van der Waals surface area contributed by atoms with Crippen LogP contribution in [0.4, 0.5) is 4.79 Å². The summed E-state index contributed by atoms with van der Waals surface area (Å²) in [7, 11) is 0. The molecule has 1 fully saturated rings. The molecule has 0 atom stereocenters. The number of hydrogen-bond donors (Lipinski definition) is 1. The number of carbonyl (C=O) groups is 3. The Bertz CT molecular complexity index is 529. The fraction of sp³-hybridized carbons (Fsp3) is 0.182. The smallest absolute Gasteiger partial charge is 0.325 e. The van der Waals surface area contributed by atoms with Crippen molar-refractivity contribution in [1.82, 2.24) is 10.2 Å². The zero-order valence-corrected chi connectivity index (χ0v) is 10.6. The van der Waals surface area contributed by atoms with Crippen molar-refractivity contribution in [2.45, 2.75) is 0 Å². The number of imide groups is 1. The Morgan fingerprint density at radius 3 is 2.56 bits per heavy atom. The minimum Gasteiger partial charge on any atom is -0.329 e. The van der Waals surface area contributed by atoms with E-state index in [0.29, 0.717) is 10.6 Å². The monoisotopic (exact) mass is 286 g/mol. The van der Waals surface area contributed by atoms with Gasteiger partial charge in [-0.15, -0.1) is 0 Å². The van der Waals surface area contributed by atoms with Crippen molar-refractivity contribution in [3.05, 3.63) is 33.8 Å². The van der Waals surface area contributed by atoms with Gasteiger partial charge in [0.25, 0.3) is 0 Å². The molecule has 1 aliphatic heterocycles. The molecule has 0 saturated carbocycles. The summed E-state index contributed by atoms with van der Waals surface area (Å²) < 4.78 is 0. The lowest BCUT2D eigenvalue weighted by Gasteiger charge is -2.11. The van der Waals surface area contributed by atoms with Crippen LogP contribution in [0, 0.1) is 0 Å². The van der Waals surface area contributed by atoms with Crippen molar-refractivity contribution in [2.24, 2.45) is 0 Å². The molecule has 5 nitrogen and oxygen atoms in total. The average molecular weight is 287 g/mol. The van der Waals surface area contributed by atoms with Crippen molar-refractivity contribution in [2.75, 3.05) is 13.1 Å². The molecule has 1 saturated heterocycles. The van der Waals surface area contributed by atoms with Gasteiger partial charge in [0.15, 0.2) is 5.78 Å². The van der Waals surface area contributed by atoms with E-state index in [2.05, 4.69) is 5.32 Å². The molecule has 3 amide bonds. The Hall–Kier alpha value is -1.59. The third-order valence-corrected chi connectivity index (χ3v) is 3.22. The Balaban J connectivity index is 2.14. The van der Waals surface area contributed by atoms with Crippen LogP contribution in [0.1, 0.15) is 10.4 Å². The molecule has 1 aromatic rings. The normalized spacial score (nSPS) is 14.9. The molecular weight excluding hydrogens is 279 g/mol. The highest BCUT2D eigenvalue weighted by atomic mass is 35.5. The van der Waals surface area contributed by atoms with Crippen LogP contribution in [0.2, 0.25) is 10.0 Å². The van der Waals surface area contributed by atoms with E-state index < -0.39 is 11.9 Å². The van der Waals surface area contributed by atoms with Crippen LogP contribution < -0.4 is 5.32 Å². The molecule has 0 unspecified atom stereocenters. The summed E-state index contributed by atoms with van der Waals surface area (Å²) in [6.45, 7) is -0.379. The first-order valence-electron chi connectivity index (χ1n) is 5.05. The maximum absolute atomic E-state index is 11.9. The number of carbonyl (C=O) groups excluding carboxylic acids is 3. The molecule has 0 aromatic heterocycles. The third-order valence-electron chi connectivity index (χ3n) is 2.48. The number of hydrogen-bond acceptors (Lipinski definition) is 3. The van der Waals surface area contributed by atoms with E-state index in [0.717, 1.165) is 4.90 Å². The van der Waals surface area contributed by atoms with Crippen molar-refractivity contribution < 1.29 is 14.4 Å². The lowest BCUT2D eigenvalue weighted by atomic mass is 10.1. The van der Waals surface area contributed by atoms with Crippen LogP contribution in [0.5, 0.6) is 0 Å². The highest BCUT2D eigenvalue weighted by molar-refractivity contribution is 6.42. The Morgan fingerprint density at radius 1 is 1.28 bits per heavy atom. The molecule has 1 aliphatic rings. The molecule has 0 spiro atoms. The van der Waals surface area contributed by atoms with E-state index in [1.807, 2.05) is 0 Å². The standard InChI is InChI=1S/C11H8Cl2N2O3/c12-7-2-1-6(3-8(7)13)9(16)5-15-10(17)4-14-11(15)18/h1-3H,4-5H2,(H,14,18). The van der Waals surface area contributed by atoms with E-state index in [1.54, 1.807) is 0 Å². The highest BCUT2D eigenvalue weighted by Crippen LogP contribution is 2.23. The van der Waals surface area contributed by atoms with Crippen LogP contribution >= 0.6 is 23.2 Å². The first kappa shape index (κ1) is 12.9. The molecule has 0 radical (unpaired) electrons. The van der Waals surface area contributed by atoms with Crippen LogP contribution in [0.25, 0.3) is 0 Å². The molecule has 7 heteroatoms. The molecule has 1 N–H and O–H groups in total. The van der Waals surface area contributed by atoms with E-state index in [4.69, 9.17) is 23.2 Å². The Labute approximate surface area is 113 Å². The number of nitrogens with one attached hydrogen (secondary N) is 1. The van der Waals surface area contributed by atoms with E-state index in [1.165, 1.54) is 18.2 Å². The van der Waals surface area contributed by atoms with Crippen LogP contribution in [-0.2, 0) is 4.79 Å². The average Bonchev–Trinajstić information content (AvgIpc) is 2.64. The summed E-state index contributed by atoms with van der Waals surface area (Å²) in [5.41, 5.74) is 0.303. The van der Waals surface area contributed by atoms with Crippen molar-refractivity contribution in [3.8, 4) is 0 Å². The van der Waals surface area contributed by atoms with Gasteiger partial charge in [-0.1, -0.05) is 23.2 Å². The summed E-state index contributed by atoms with van der Waals surface area (Å²) in [6, 6.07) is 3.83. The van der Waals surface area contributed by atoms with Gasteiger partial charge in [-0.2, -0.15) is 0 Å². The number of halogens is 2. The molecule has 94 valence electrons. The molecule has 18 heavy (non-hydrogen) atoms. The highest BCUT2D eigenvalue weighted by Gasteiger charge is 2.30. The molecule has 0 aliphatic carbocycles.